The fourth-order valence-electron chi connectivity index (χ4n) is 3.91. The number of pyridine rings is 4. The maximum Gasteiger partial charge on any atom is 0.412 e. The van der Waals surface area contributed by atoms with E-state index in [1.165, 1.54) is 15.2 Å². The zero-order valence-electron chi connectivity index (χ0n) is 23.4. The van der Waals surface area contributed by atoms with Crippen molar-refractivity contribution in [2.75, 3.05) is 11.1 Å². The molecule has 0 atom stereocenters. The summed E-state index contributed by atoms with van der Waals surface area (Å²) >= 11 is 0. The molecule has 4 aromatic heterocycles. The molecule has 10 nitrogen and oxygen atoms in total. The molecule has 4 heterocycles. The lowest BCUT2D eigenvalue weighted by Gasteiger charge is -2.10. The Morgan fingerprint density at radius 3 is 1.88 bits per heavy atom. The van der Waals surface area contributed by atoms with Crippen LogP contribution in [0.25, 0.3) is 11.4 Å². The van der Waals surface area contributed by atoms with Gasteiger partial charge in [-0.25, -0.2) is 4.79 Å². The van der Waals surface area contributed by atoms with E-state index in [-0.39, 0.29) is 29.1 Å². The van der Waals surface area contributed by atoms with Gasteiger partial charge in [0.1, 0.15) is 12.3 Å². The Hall–Kier alpha value is -5.51. The number of nitrogens with two attached hydrogens (primary N) is 1. The summed E-state index contributed by atoms with van der Waals surface area (Å²) in [5.74, 6) is 0. The minimum atomic E-state index is -0.678. The van der Waals surface area contributed by atoms with Gasteiger partial charge in [-0.05, 0) is 66.9 Å². The van der Waals surface area contributed by atoms with Gasteiger partial charge in [-0.1, -0.05) is 44.2 Å². The Kier molecular flexibility index (Phi) is 9.98. The molecule has 0 fully saturated rings. The molecule has 1 aromatic carbocycles. The minimum Gasteiger partial charge on any atom is -0.444 e. The van der Waals surface area contributed by atoms with E-state index in [2.05, 4.69) is 15.3 Å². The second kappa shape index (κ2) is 14.2. The Bertz CT molecular complexity index is 1730. The van der Waals surface area contributed by atoms with Gasteiger partial charge in [0.2, 0.25) is 0 Å². The second-order valence-corrected chi connectivity index (χ2v) is 9.15. The maximum atomic E-state index is 12.6. The predicted octanol–water partition coefficient (Wildman–Crippen LogP) is 4.92. The lowest BCUT2D eigenvalue weighted by molar-refractivity contribution is 0.155. The van der Waals surface area contributed by atoms with Gasteiger partial charge in [-0.3, -0.25) is 34.0 Å². The normalized spacial score (nSPS) is 10.3. The van der Waals surface area contributed by atoms with E-state index in [9.17, 15) is 14.4 Å². The van der Waals surface area contributed by atoms with E-state index >= 15 is 0 Å². The van der Waals surface area contributed by atoms with Gasteiger partial charge in [-0.15, -0.1) is 0 Å². The number of benzene rings is 1. The molecule has 0 unspecified atom stereocenters. The fraction of sp³-hybridized carbons (Fsp3) is 0.156. The molecule has 0 spiro atoms. The van der Waals surface area contributed by atoms with Crippen molar-refractivity contribution in [3.05, 3.63) is 141 Å². The number of nitrogens with zero attached hydrogens (tertiary/aromatic N) is 4. The lowest BCUT2D eigenvalue weighted by atomic mass is 10.2. The molecular formula is C32H32N6O4. The molecule has 42 heavy (non-hydrogen) atoms. The molecule has 10 heteroatoms. The van der Waals surface area contributed by atoms with Crippen LogP contribution >= 0.6 is 0 Å². The summed E-state index contributed by atoms with van der Waals surface area (Å²) in [6.07, 6.45) is 7.66. The second-order valence-electron chi connectivity index (χ2n) is 9.15. The molecule has 214 valence electrons. The summed E-state index contributed by atoms with van der Waals surface area (Å²) in [6.45, 7) is 4.19. The van der Waals surface area contributed by atoms with E-state index in [1.807, 2.05) is 68.4 Å². The van der Waals surface area contributed by atoms with Gasteiger partial charge < -0.3 is 10.5 Å². The first-order valence-corrected chi connectivity index (χ1v) is 13.5. The van der Waals surface area contributed by atoms with Crippen LogP contribution in [0.2, 0.25) is 0 Å². The van der Waals surface area contributed by atoms with Crippen LogP contribution in [0, 0.1) is 0 Å². The largest absolute Gasteiger partial charge is 0.444 e. The van der Waals surface area contributed by atoms with Gasteiger partial charge in [0.25, 0.3) is 11.1 Å². The van der Waals surface area contributed by atoms with Crippen LogP contribution < -0.4 is 22.2 Å². The average Bonchev–Trinajstić information content (AvgIpc) is 3.03. The highest BCUT2D eigenvalue weighted by Gasteiger charge is 2.10. The zero-order valence-corrected chi connectivity index (χ0v) is 23.4. The van der Waals surface area contributed by atoms with Crippen molar-refractivity contribution < 1.29 is 9.53 Å². The molecule has 0 radical (unpaired) electrons. The molecule has 0 aliphatic heterocycles. The van der Waals surface area contributed by atoms with Crippen molar-refractivity contribution in [3.63, 3.8) is 0 Å². The summed E-state index contributed by atoms with van der Waals surface area (Å²) in [7, 11) is 0. The number of aryl methyl sites for hydroxylation is 2. The highest BCUT2D eigenvalue weighted by molar-refractivity contribution is 5.84. The van der Waals surface area contributed by atoms with Crippen molar-refractivity contribution in [2.45, 2.75) is 33.3 Å². The van der Waals surface area contributed by atoms with Crippen molar-refractivity contribution in [3.8, 4) is 11.4 Å². The van der Waals surface area contributed by atoms with Crippen LogP contribution in [0.4, 0.5) is 16.2 Å². The maximum absolute atomic E-state index is 12.6. The van der Waals surface area contributed by atoms with Crippen LogP contribution in [0.3, 0.4) is 0 Å². The van der Waals surface area contributed by atoms with Crippen LogP contribution in [0.1, 0.15) is 30.8 Å². The van der Waals surface area contributed by atoms with E-state index in [0.29, 0.717) is 5.69 Å². The summed E-state index contributed by atoms with van der Waals surface area (Å²) in [5, 5.41) is 2.50. The number of ether oxygens (including phenoxy) is 1. The minimum absolute atomic E-state index is 0.135. The third-order valence-electron chi connectivity index (χ3n) is 6.27. The number of hydrogen-bond acceptors (Lipinski definition) is 7. The number of carbonyl (C=O) groups is 1. The Morgan fingerprint density at radius 2 is 1.33 bits per heavy atom. The average molecular weight is 565 g/mol. The molecule has 0 saturated heterocycles. The third-order valence-corrected chi connectivity index (χ3v) is 6.27. The van der Waals surface area contributed by atoms with Crippen molar-refractivity contribution in [1.82, 2.24) is 19.1 Å². The van der Waals surface area contributed by atoms with Gasteiger partial charge in [0, 0.05) is 23.8 Å². The van der Waals surface area contributed by atoms with Crippen LogP contribution in [0.15, 0.2) is 113 Å². The molecule has 0 aliphatic rings. The molecule has 0 saturated carbocycles. The zero-order chi connectivity index (χ0) is 29.9. The van der Waals surface area contributed by atoms with Gasteiger partial charge in [0.05, 0.1) is 29.5 Å². The van der Waals surface area contributed by atoms with E-state index in [1.54, 1.807) is 43.0 Å². The van der Waals surface area contributed by atoms with Crippen molar-refractivity contribution >= 4 is 17.5 Å². The monoisotopic (exact) mass is 564 g/mol. The molecular weight excluding hydrogens is 532 g/mol. The number of rotatable bonds is 7. The molecule has 5 aromatic rings. The lowest BCUT2D eigenvalue weighted by Crippen LogP contribution is -2.25. The highest BCUT2D eigenvalue weighted by atomic mass is 16.5. The Labute approximate surface area is 243 Å². The van der Waals surface area contributed by atoms with Crippen LogP contribution in [0.5, 0.6) is 0 Å². The summed E-state index contributed by atoms with van der Waals surface area (Å²) < 4.78 is 8.07. The standard InChI is InChI=1S/C20H19N3O3.C12H13N3O/c1-2-16-10-11-17(13-21-16)23-12-6-9-18(19(23)24)22-20(25)26-14-15-7-4-3-5-8-15;1-2-9-5-6-10(8-14-9)15-7-3-4-11(13)12(15)16/h3-13H,2,14H2,1H3,(H,22,25);3-8H,2,13H2,1H3. The first-order chi connectivity index (χ1) is 20.4. The third kappa shape index (κ3) is 7.57. The van der Waals surface area contributed by atoms with E-state index < -0.39 is 6.09 Å². The topological polar surface area (TPSA) is 134 Å². The van der Waals surface area contributed by atoms with E-state index in [4.69, 9.17) is 10.5 Å². The number of hydrogen-bond donors (Lipinski definition) is 2. The molecule has 1 amide bonds. The number of nitrogen functional groups attached to an aromatic ring is 1. The molecule has 3 N–H and O–H groups in total. The molecule has 5 rings (SSSR count). The smallest absolute Gasteiger partial charge is 0.412 e. The summed E-state index contributed by atoms with van der Waals surface area (Å²) in [4.78, 5) is 44.8. The number of amides is 1. The van der Waals surface area contributed by atoms with Gasteiger partial charge >= 0.3 is 6.09 Å². The van der Waals surface area contributed by atoms with E-state index in [0.717, 1.165) is 35.5 Å². The Morgan fingerprint density at radius 1 is 0.762 bits per heavy atom. The predicted molar refractivity (Wildman–Crippen MR) is 163 cm³/mol. The quantitative estimate of drug-likeness (QED) is 0.287. The van der Waals surface area contributed by atoms with Crippen molar-refractivity contribution in [2.24, 2.45) is 0 Å². The summed E-state index contributed by atoms with van der Waals surface area (Å²) in [5.41, 5.74) is 9.56. The first kappa shape index (κ1) is 29.5. The molecule has 0 aliphatic carbocycles. The molecule has 0 bridgehead atoms. The number of carbonyl (C=O) groups excluding carboxylic acids is 1. The first-order valence-electron chi connectivity index (χ1n) is 13.5. The number of anilines is 2. The van der Waals surface area contributed by atoms with Crippen molar-refractivity contribution in [1.29, 1.82) is 0 Å². The van der Waals surface area contributed by atoms with Gasteiger partial charge in [0.15, 0.2) is 0 Å². The van der Waals surface area contributed by atoms with Crippen LogP contribution in [-0.4, -0.2) is 25.2 Å². The number of aromatic nitrogens is 4. The van der Waals surface area contributed by atoms with Gasteiger partial charge in [-0.2, -0.15) is 0 Å². The summed E-state index contributed by atoms with van der Waals surface area (Å²) in [6, 6.07) is 23.4. The Balaban J connectivity index is 0.000000216. The SMILES string of the molecule is CCc1ccc(-n2cccc(N)c2=O)cn1.CCc1ccc(-n2cccc(NC(=O)OCc3ccccc3)c2=O)cn1. The fourth-order valence-corrected chi connectivity index (χ4v) is 3.91. The number of nitrogens with one attached hydrogen (secondary N) is 1. The highest BCUT2D eigenvalue weighted by Crippen LogP contribution is 2.09. The van der Waals surface area contributed by atoms with Crippen LogP contribution in [-0.2, 0) is 24.2 Å².